The fraction of sp³-hybridized carbons (Fsp3) is 0.200. The highest BCUT2D eigenvalue weighted by molar-refractivity contribution is 7.73. The van der Waals surface area contributed by atoms with E-state index in [9.17, 15) is 0 Å². The average Bonchev–Trinajstić information content (AvgIpc) is 3.34. The van der Waals surface area contributed by atoms with E-state index in [1.165, 1.54) is 41.6 Å². The van der Waals surface area contributed by atoms with Gasteiger partial charge in [-0.2, -0.15) is 0 Å². The third-order valence-corrected chi connectivity index (χ3v) is 12.5. The van der Waals surface area contributed by atoms with Crippen LogP contribution in [0, 0.1) is 0 Å². The lowest BCUT2D eigenvalue weighted by atomic mass is 10.1. The molecule has 2 heteroatoms. The molecule has 4 aromatic rings. The van der Waals surface area contributed by atoms with E-state index in [4.69, 9.17) is 0 Å². The molecule has 160 valence electrons. The van der Waals surface area contributed by atoms with Crippen molar-refractivity contribution in [3.05, 3.63) is 127 Å². The van der Waals surface area contributed by atoms with Crippen molar-refractivity contribution in [3.8, 4) is 0 Å². The Balaban J connectivity index is 1.56. The summed E-state index contributed by atoms with van der Waals surface area (Å²) in [7, 11) is -0.563. The van der Waals surface area contributed by atoms with Gasteiger partial charge < -0.3 is 0 Å². The van der Waals surface area contributed by atoms with E-state index in [1.54, 1.807) is 5.30 Å². The van der Waals surface area contributed by atoms with E-state index in [0.29, 0.717) is 5.66 Å². The summed E-state index contributed by atoms with van der Waals surface area (Å²) in [6, 6.07) is 45.2. The highest BCUT2D eigenvalue weighted by atomic mass is 31.1. The van der Waals surface area contributed by atoms with E-state index >= 15 is 0 Å². The molecule has 4 aromatic carbocycles. The van der Waals surface area contributed by atoms with Crippen LogP contribution in [0.15, 0.2) is 121 Å². The molecule has 0 bridgehead atoms. The van der Waals surface area contributed by atoms with Crippen molar-refractivity contribution in [2.24, 2.45) is 0 Å². The predicted molar refractivity (Wildman–Crippen MR) is 144 cm³/mol. The molecule has 0 unspecified atom stereocenters. The Kier molecular flexibility index (Phi) is 7.13. The van der Waals surface area contributed by atoms with Crippen LogP contribution in [-0.2, 0) is 0 Å². The van der Waals surface area contributed by atoms with Crippen LogP contribution in [0.25, 0.3) is 0 Å². The van der Waals surface area contributed by atoms with Gasteiger partial charge in [0.05, 0.1) is 0 Å². The van der Waals surface area contributed by atoms with Crippen molar-refractivity contribution in [2.45, 2.75) is 30.6 Å². The lowest BCUT2D eigenvalue weighted by molar-refractivity contribution is 0.700. The van der Waals surface area contributed by atoms with Crippen LogP contribution < -0.4 is 15.9 Å². The van der Waals surface area contributed by atoms with E-state index in [2.05, 4.69) is 121 Å². The Labute approximate surface area is 195 Å². The first-order chi connectivity index (χ1) is 15.9. The summed E-state index contributed by atoms with van der Waals surface area (Å²) in [5, 5.41) is 4.58. The minimum absolute atomic E-state index is 0.0787. The number of benzene rings is 4. The van der Waals surface area contributed by atoms with Crippen LogP contribution in [0.3, 0.4) is 0 Å². The molecule has 1 aliphatic rings. The number of rotatable bonds is 7. The standard InChI is InChI=1S/C30H30P2/c1-5-14-25(15-6-1)30(24-29-22-13-23-31(29)26-16-7-2-8-17-26)32(27-18-9-3-10-19-27)28-20-11-4-12-21-28/h1-12,14-21,29-30H,13,22-24H2/t29-,30+,31+/m0/s1. The van der Waals surface area contributed by atoms with Gasteiger partial charge in [0.2, 0.25) is 0 Å². The van der Waals surface area contributed by atoms with Gasteiger partial charge in [0, 0.05) is 5.66 Å². The van der Waals surface area contributed by atoms with Gasteiger partial charge in [-0.3, -0.25) is 0 Å². The monoisotopic (exact) mass is 452 g/mol. The largest absolute Gasteiger partial charge is 0.0721 e. The normalized spacial score (nSPS) is 19.2. The summed E-state index contributed by atoms with van der Waals surface area (Å²) in [4.78, 5) is 0. The lowest BCUT2D eigenvalue weighted by Crippen LogP contribution is -2.21. The molecule has 32 heavy (non-hydrogen) atoms. The predicted octanol–water partition coefficient (Wildman–Crippen LogP) is 7.22. The smallest absolute Gasteiger partial charge is 0.0128 e. The average molecular weight is 453 g/mol. The first-order valence-electron chi connectivity index (χ1n) is 11.7. The molecular weight excluding hydrogens is 422 g/mol. The molecule has 0 saturated carbocycles. The van der Waals surface area contributed by atoms with Crippen LogP contribution in [0.1, 0.15) is 30.5 Å². The van der Waals surface area contributed by atoms with Crippen molar-refractivity contribution < 1.29 is 0 Å². The molecule has 1 heterocycles. The zero-order chi connectivity index (χ0) is 21.6. The molecule has 0 N–H and O–H groups in total. The maximum atomic E-state index is 2.37. The molecule has 3 atom stereocenters. The van der Waals surface area contributed by atoms with Crippen LogP contribution in [0.5, 0.6) is 0 Å². The zero-order valence-electron chi connectivity index (χ0n) is 18.4. The van der Waals surface area contributed by atoms with Crippen LogP contribution in [-0.4, -0.2) is 11.8 Å². The Hall–Kier alpha value is -2.26. The molecule has 0 nitrogen and oxygen atoms in total. The van der Waals surface area contributed by atoms with Gasteiger partial charge in [-0.1, -0.05) is 129 Å². The topological polar surface area (TPSA) is 0 Å². The lowest BCUT2D eigenvalue weighted by Gasteiger charge is -2.33. The molecule has 1 fully saturated rings. The molecule has 0 amide bonds. The Bertz CT molecular complexity index is 1040. The molecule has 0 aromatic heterocycles. The molecule has 1 saturated heterocycles. The Morgan fingerprint density at radius 3 is 1.72 bits per heavy atom. The SMILES string of the molecule is c1ccc([C@@H](C[C@@H]2CCC[P@]2c2ccccc2)P(c2ccccc2)c2ccccc2)cc1. The Morgan fingerprint density at radius 2 is 1.16 bits per heavy atom. The van der Waals surface area contributed by atoms with Crippen LogP contribution in [0.2, 0.25) is 0 Å². The van der Waals surface area contributed by atoms with Gasteiger partial charge >= 0.3 is 0 Å². The maximum Gasteiger partial charge on any atom is 0.0128 e. The van der Waals surface area contributed by atoms with Gasteiger partial charge in [0.25, 0.3) is 0 Å². The van der Waals surface area contributed by atoms with Gasteiger partial charge in [-0.25, -0.2) is 0 Å². The van der Waals surface area contributed by atoms with Crippen molar-refractivity contribution >= 4 is 31.8 Å². The van der Waals surface area contributed by atoms with Crippen LogP contribution in [0.4, 0.5) is 0 Å². The van der Waals surface area contributed by atoms with Crippen molar-refractivity contribution in [3.63, 3.8) is 0 Å². The van der Waals surface area contributed by atoms with E-state index < -0.39 is 7.92 Å². The molecule has 5 rings (SSSR count). The van der Waals surface area contributed by atoms with Crippen molar-refractivity contribution in [1.82, 2.24) is 0 Å². The minimum atomic E-state index is -0.484. The van der Waals surface area contributed by atoms with Crippen LogP contribution >= 0.6 is 15.8 Å². The third kappa shape index (κ3) is 4.88. The van der Waals surface area contributed by atoms with Gasteiger partial charge in [0.1, 0.15) is 0 Å². The Morgan fingerprint density at radius 1 is 0.656 bits per heavy atom. The molecule has 1 aliphatic heterocycles. The summed E-state index contributed by atoms with van der Waals surface area (Å²) in [5.74, 6) is 0. The van der Waals surface area contributed by atoms with E-state index in [1.807, 2.05) is 0 Å². The quantitative estimate of drug-likeness (QED) is 0.260. The highest BCUT2D eigenvalue weighted by Gasteiger charge is 2.34. The molecule has 0 aliphatic carbocycles. The summed E-state index contributed by atoms with van der Waals surface area (Å²) in [6.07, 6.45) is 5.41. The second-order valence-corrected chi connectivity index (χ2v) is 13.6. The van der Waals surface area contributed by atoms with E-state index in [-0.39, 0.29) is 7.92 Å². The summed E-state index contributed by atoms with van der Waals surface area (Å²) >= 11 is 0. The number of hydrogen-bond acceptors (Lipinski definition) is 0. The molecule has 0 spiro atoms. The summed E-state index contributed by atoms with van der Waals surface area (Å²) in [5.41, 5.74) is 2.84. The van der Waals surface area contributed by atoms with E-state index in [0.717, 1.165) is 5.66 Å². The molecular formula is C30H30P2. The second-order valence-electron chi connectivity index (χ2n) is 8.53. The highest BCUT2D eigenvalue weighted by Crippen LogP contribution is 2.58. The summed E-state index contributed by atoms with van der Waals surface area (Å²) in [6.45, 7) is 0. The first kappa shape index (κ1) is 21.6. The maximum absolute atomic E-state index is 2.37. The summed E-state index contributed by atoms with van der Waals surface area (Å²) < 4.78 is 0. The fourth-order valence-corrected chi connectivity index (χ4v) is 11.2. The fourth-order valence-electron chi connectivity index (χ4n) is 5.05. The van der Waals surface area contributed by atoms with Crippen molar-refractivity contribution in [2.75, 3.05) is 6.16 Å². The van der Waals surface area contributed by atoms with Gasteiger partial charge in [-0.05, 0) is 60.5 Å². The first-order valence-corrected chi connectivity index (χ1v) is 14.7. The molecule has 0 radical (unpaired) electrons. The van der Waals surface area contributed by atoms with Gasteiger partial charge in [-0.15, -0.1) is 0 Å². The number of hydrogen-bond donors (Lipinski definition) is 0. The zero-order valence-corrected chi connectivity index (χ0v) is 20.2. The van der Waals surface area contributed by atoms with Gasteiger partial charge in [0.15, 0.2) is 0 Å². The minimum Gasteiger partial charge on any atom is -0.0721 e. The van der Waals surface area contributed by atoms with Crippen molar-refractivity contribution in [1.29, 1.82) is 0 Å². The second kappa shape index (κ2) is 10.6. The third-order valence-electron chi connectivity index (χ3n) is 6.53.